The van der Waals surface area contributed by atoms with E-state index in [4.69, 9.17) is 0 Å². The summed E-state index contributed by atoms with van der Waals surface area (Å²) in [6.07, 6.45) is -9.74. The number of hydrogen-bond donors (Lipinski definition) is 0. The Kier molecular flexibility index (Phi) is 2.30. The van der Waals surface area contributed by atoms with Gasteiger partial charge >= 0.3 is 12.4 Å². The molecule has 0 aromatic carbocycles. The fourth-order valence-electron chi connectivity index (χ4n) is 1.77. The Morgan fingerprint density at radius 2 is 1.21 bits per heavy atom. The van der Waals surface area contributed by atoms with Crippen molar-refractivity contribution < 1.29 is 31.1 Å². The highest BCUT2D eigenvalue weighted by Crippen LogP contribution is 2.66. The first-order chi connectivity index (χ1) is 6.05. The zero-order valence-electron chi connectivity index (χ0n) is 7.33. The maximum Gasteiger partial charge on any atom is 0.395 e. The second kappa shape index (κ2) is 2.77. The molecule has 1 aliphatic carbocycles. The molecule has 1 fully saturated rings. The molecule has 0 aromatic rings. The highest BCUT2D eigenvalue weighted by Gasteiger charge is 2.81. The summed E-state index contributed by atoms with van der Waals surface area (Å²) in [7, 11) is 0.852. The highest BCUT2D eigenvalue weighted by molar-refractivity contribution is 5.16. The van der Waals surface area contributed by atoms with Gasteiger partial charge < -0.3 is 4.74 Å². The monoisotopic (exact) mass is 222 g/mol. The minimum Gasteiger partial charge on any atom is -0.377 e. The molecule has 2 unspecified atom stereocenters. The van der Waals surface area contributed by atoms with Crippen LogP contribution >= 0.6 is 0 Å². The van der Waals surface area contributed by atoms with Crippen molar-refractivity contribution in [2.75, 3.05) is 7.11 Å². The van der Waals surface area contributed by atoms with Gasteiger partial charge in [0.25, 0.3) is 0 Å². The van der Waals surface area contributed by atoms with E-state index in [1.807, 2.05) is 0 Å². The molecule has 1 aliphatic rings. The van der Waals surface area contributed by atoms with Crippen molar-refractivity contribution in [3.63, 3.8) is 0 Å². The number of alkyl halides is 6. The zero-order chi connectivity index (χ0) is 11.4. The minimum atomic E-state index is -4.87. The first-order valence-corrected chi connectivity index (χ1v) is 3.73. The van der Waals surface area contributed by atoms with E-state index >= 15 is 0 Å². The molecular weight excluding hydrogens is 214 g/mol. The molecule has 0 bridgehead atoms. The molecule has 0 radical (unpaired) electrons. The summed E-state index contributed by atoms with van der Waals surface area (Å²) in [5, 5.41) is 0. The van der Waals surface area contributed by atoms with Gasteiger partial charge in [-0.05, 0) is 6.92 Å². The average molecular weight is 222 g/mol. The molecule has 7 heteroatoms. The quantitative estimate of drug-likeness (QED) is 0.620. The van der Waals surface area contributed by atoms with Crippen LogP contribution in [0.2, 0.25) is 0 Å². The molecule has 0 aliphatic heterocycles. The van der Waals surface area contributed by atoms with E-state index in [0.29, 0.717) is 0 Å². The summed E-state index contributed by atoms with van der Waals surface area (Å²) in [6, 6.07) is 0. The van der Waals surface area contributed by atoms with Crippen LogP contribution in [-0.4, -0.2) is 25.1 Å². The van der Waals surface area contributed by atoms with Gasteiger partial charge in [-0.3, -0.25) is 0 Å². The Morgan fingerprint density at radius 1 is 0.929 bits per heavy atom. The number of hydrogen-bond acceptors (Lipinski definition) is 1. The third-order valence-corrected chi connectivity index (χ3v) is 2.60. The van der Waals surface area contributed by atoms with Gasteiger partial charge in [-0.15, -0.1) is 0 Å². The molecule has 1 rings (SSSR count). The van der Waals surface area contributed by atoms with E-state index in [1.54, 1.807) is 0 Å². The summed E-state index contributed by atoms with van der Waals surface area (Å²) in [5.41, 5.74) is -2.16. The Hall–Kier alpha value is -0.460. The maximum atomic E-state index is 12.1. The van der Waals surface area contributed by atoms with Crippen molar-refractivity contribution in [1.29, 1.82) is 0 Å². The molecule has 0 spiro atoms. The summed E-state index contributed by atoms with van der Waals surface area (Å²) in [4.78, 5) is 0. The predicted octanol–water partition coefficient (Wildman–Crippen LogP) is 2.76. The zero-order valence-corrected chi connectivity index (χ0v) is 7.33. The lowest BCUT2D eigenvalue weighted by Crippen LogP contribution is -2.21. The molecule has 0 heterocycles. The minimum absolute atomic E-state index is 0.823. The van der Waals surface area contributed by atoms with E-state index in [2.05, 4.69) is 4.74 Å². The van der Waals surface area contributed by atoms with Crippen LogP contribution in [0.15, 0.2) is 0 Å². The van der Waals surface area contributed by atoms with Crippen LogP contribution in [0.3, 0.4) is 0 Å². The smallest absolute Gasteiger partial charge is 0.377 e. The summed E-state index contributed by atoms with van der Waals surface area (Å²) >= 11 is 0. The van der Waals surface area contributed by atoms with Crippen molar-refractivity contribution in [2.45, 2.75) is 24.9 Å². The summed E-state index contributed by atoms with van der Waals surface area (Å²) in [5.74, 6) is -4.89. The van der Waals surface area contributed by atoms with Gasteiger partial charge in [-0.25, -0.2) is 0 Å². The first-order valence-electron chi connectivity index (χ1n) is 3.73. The van der Waals surface area contributed by atoms with E-state index in [9.17, 15) is 26.3 Å². The van der Waals surface area contributed by atoms with E-state index in [0.717, 1.165) is 14.0 Å². The number of methoxy groups -OCH3 is 1. The Balaban J connectivity index is 2.91. The van der Waals surface area contributed by atoms with E-state index in [1.165, 1.54) is 0 Å². The van der Waals surface area contributed by atoms with Crippen molar-refractivity contribution in [2.24, 2.45) is 11.8 Å². The molecule has 0 saturated heterocycles. The second-order valence-corrected chi connectivity index (χ2v) is 3.43. The summed E-state index contributed by atoms with van der Waals surface area (Å²) in [6.45, 7) is 0.823. The largest absolute Gasteiger partial charge is 0.395 e. The molecule has 1 nitrogen and oxygen atoms in total. The maximum absolute atomic E-state index is 12.1. The van der Waals surface area contributed by atoms with Gasteiger partial charge in [0.05, 0.1) is 17.4 Å². The molecule has 0 N–H and O–H groups in total. The number of halogens is 6. The second-order valence-electron chi connectivity index (χ2n) is 3.43. The van der Waals surface area contributed by atoms with E-state index in [-0.39, 0.29) is 0 Å². The van der Waals surface area contributed by atoms with Crippen LogP contribution in [0, 0.1) is 11.8 Å². The Labute approximate surface area is 76.0 Å². The summed E-state index contributed by atoms with van der Waals surface area (Å²) < 4.78 is 77.0. The van der Waals surface area contributed by atoms with Crippen LogP contribution in [0.4, 0.5) is 26.3 Å². The lowest BCUT2D eigenvalue weighted by atomic mass is 10.3. The van der Waals surface area contributed by atoms with Crippen LogP contribution in [-0.2, 0) is 4.74 Å². The van der Waals surface area contributed by atoms with E-state index < -0.39 is 29.8 Å². The lowest BCUT2D eigenvalue weighted by molar-refractivity contribution is -0.191. The Bertz CT molecular complexity index is 209. The van der Waals surface area contributed by atoms with Gasteiger partial charge in [-0.2, -0.15) is 26.3 Å². The van der Waals surface area contributed by atoms with Crippen molar-refractivity contribution >= 4 is 0 Å². The molecule has 84 valence electrons. The van der Waals surface area contributed by atoms with Crippen molar-refractivity contribution in [3.8, 4) is 0 Å². The van der Waals surface area contributed by atoms with Crippen LogP contribution in [0.5, 0.6) is 0 Å². The number of ether oxygens (including phenoxy) is 1. The third-order valence-electron chi connectivity index (χ3n) is 2.60. The molecular formula is C7H8F6O. The topological polar surface area (TPSA) is 9.23 Å². The molecule has 14 heavy (non-hydrogen) atoms. The molecule has 2 atom stereocenters. The Morgan fingerprint density at radius 3 is 1.29 bits per heavy atom. The van der Waals surface area contributed by atoms with Crippen LogP contribution < -0.4 is 0 Å². The normalized spacial score (nSPS) is 38.6. The lowest BCUT2D eigenvalue weighted by Gasteiger charge is -2.11. The third kappa shape index (κ3) is 1.57. The number of rotatable bonds is 1. The van der Waals surface area contributed by atoms with Crippen LogP contribution in [0.1, 0.15) is 6.92 Å². The van der Waals surface area contributed by atoms with Gasteiger partial charge in [-0.1, -0.05) is 0 Å². The highest BCUT2D eigenvalue weighted by atomic mass is 19.4. The van der Waals surface area contributed by atoms with Crippen molar-refractivity contribution in [1.82, 2.24) is 0 Å². The van der Waals surface area contributed by atoms with Gasteiger partial charge in [0.1, 0.15) is 0 Å². The predicted molar refractivity (Wildman–Crippen MR) is 34.5 cm³/mol. The van der Waals surface area contributed by atoms with Crippen molar-refractivity contribution in [3.05, 3.63) is 0 Å². The fourth-order valence-corrected chi connectivity index (χ4v) is 1.77. The average Bonchev–Trinajstić information content (AvgIpc) is 2.56. The first kappa shape index (κ1) is 11.6. The molecule has 1 saturated carbocycles. The standard InChI is InChI=1S/C7H8F6O/c1-5(14-2)3(6(8,9)10)4(5)7(11,12)13/h3-4H,1-2H3. The molecule has 0 amide bonds. The van der Waals surface area contributed by atoms with Gasteiger partial charge in [0.15, 0.2) is 0 Å². The van der Waals surface area contributed by atoms with Crippen LogP contribution in [0.25, 0.3) is 0 Å². The van der Waals surface area contributed by atoms with Gasteiger partial charge in [0, 0.05) is 7.11 Å². The SMILES string of the molecule is COC1(C)C(C(F)(F)F)C1C(F)(F)F. The molecule has 0 aromatic heterocycles. The fraction of sp³-hybridized carbons (Fsp3) is 1.00. The van der Waals surface area contributed by atoms with Gasteiger partial charge in [0.2, 0.25) is 0 Å².